The number of aryl methyl sites for hydroxylation is 1. The van der Waals surface area contributed by atoms with Crippen molar-refractivity contribution in [2.45, 2.75) is 6.04 Å². The first-order valence-electron chi connectivity index (χ1n) is 6.68. The lowest BCUT2D eigenvalue weighted by molar-refractivity contribution is 0.232. The molecule has 0 saturated heterocycles. The molecule has 0 fully saturated rings. The molecule has 1 aromatic carbocycles. The molecular weight excluding hydrogens is 268 g/mol. The second kappa shape index (κ2) is 7.43. The van der Waals surface area contributed by atoms with Gasteiger partial charge in [0.1, 0.15) is 12.4 Å². The average molecular weight is 286 g/mol. The van der Waals surface area contributed by atoms with Crippen molar-refractivity contribution < 1.29 is 9.84 Å². The number of rotatable bonds is 7. The molecule has 2 rings (SSSR count). The van der Waals surface area contributed by atoms with E-state index in [4.69, 9.17) is 10.00 Å². The van der Waals surface area contributed by atoms with E-state index in [0.29, 0.717) is 18.7 Å². The maximum Gasteiger partial charge on any atom is 0.119 e. The molecule has 0 bridgehead atoms. The number of hydrogen-bond donors (Lipinski definition) is 2. The van der Waals surface area contributed by atoms with Gasteiger partial charge in [-0.25, -0.2) is 0 Å². The van der Waals surface area contributed by atoms with Crippen molar-refractivity contribution in [3.63, 3.8) is 0 Å². The van der Waals surface area contributed by atoms with Gasteiger partial charge >= 0.3 is 0 Å². The number of aromatic nitrogens is 2. The van der Waals surface area contributed by atoms with Gasteiger partial charge in [-0.15, -0.1) is 0 Å². The van der Waals surface area contributed by atoms with E-state index in [1.807, 2.05) is 13.2 Å². The van der Waals surface area contributed by atoms with Crippen LogP contribution in [0.5, 0.6) is 5.75 Å². The molecule has 0 spiro atoms. The molecule has 2 N–H and O–H groups in total. The third kappa shape index (κ3) is 4.31. The normalized spacial score (nSPS) is 11.9. The van der Waals surface area contributed by atoms with Gasteiger partial charge in [0.15, 0.2) is 0 Å². The highest BCUT2D eigenvalue weighted by Crippen LogP contribution is 2.12. The molecule has 0 aliphatic rings. The Morgan fingerprint density at radius 1 is 1.43 bits per heavy atom. The van der Waals surface area contributed by atoms with Crippen LogP contribution >= 0.6 is 0 Å². The number of ether oxygens (including phenoxy) is 1. The molecule has 2 aromatic rings. The number of nitrogens with one attached hydrogen (secondary N) is 1. The van der Waals surface area contributed by atoms with Gasteiger partial charge in [0.2, 0.25) is 0 Å². The summed E-state index contributed by atoms with van der Waals surface area (Å²) in [6, 6.07) is 8.88. The molecule has 1 heterocycles. The quantitative estimate of drug-likeness (QED) is 0.742. The van der Waals surface area contributed by atoms with Gasteiger partial charge in [-0.05, 0) is 24.3 Å². The van der Waals surface area contributed by atoms with E-state index in [9.17, 15) is 5.11 Å². The summed E-state index contributed by atoms with van der Waals surface area (Å²) >= 11 is 0. The van der Waals surface area contributed by atoms with Crippen molar-refractivity contribution in [3.8, 4) is 11.8 Å². The average Bonchev–Trinajstić information content (AvgIpc) is 2.94. The monoisotopic (exact) mass is 286 g/mol. The first-order valence-corrected chi connectivity index (χ1v) is 6.68. The number of nitrogens with zero attached hydrogens (tertiary/aromatic N) is 3. The van der Waals surface area contributed by atoms with E-state index < -0.39 is 0 Å². The van der Waals surface area contributed by atoms with Crippen LogP contribution in [0.3, 0.4) is 0 Å². The first-order chi connectivity index (χ1) is 10.2. The molecule has 0 aliphatic carbocycles. The van der Waals surface area contributed by atoms with E-state index >= 15 is 0 Å². The molecule has 110 valence electrons. The highest BCUT2D eigenvalue weighted by molar-refractivity contribution is 5.34. The Balaban J connectivity index is 1.76. The van der Waals surface area contributed by atoms with Crippen molar-refractivity contribution >= 4 is 0 Å². The third-order valence-electron chi connectivity index (χ3n) is 3.05. The summed E-state index contributed by atoms with van der Waals surface area (Å²) in [5.74, 6) is 0.720. The molecular formula is C15H18N4O2. The Morgan fingerprint density at radius 3 is 2.76 bits per heavy atom. The molecule has 1 aromatic heterocycles. The Morgan fingerprint density at radius 2 is 2.19 bits per heavy atom. The second-order valence-corrected chi connectivity index (χ2v) is 4.62. The van der Waals surface area contributed by atoms with Gasteiger partial charge in [0, 0.05) is 25.4 Å². The molecule has 0 amide bonds. The van der Waals surface area contributed by atoms with Crippen molar-refractivity contribution in [2.24, 2.45) is 7.05 Å². The summed E-state index contributed by atoms with van der Waals surface area (Å²) in [5, 5.41) is 25.4. The largest absolute Gasteiger partial charge is 0.492 e. The fourth-order valence-electron chi connectivity index (χ4n) is 1.94. The van der Waals surface area contributed by atoms with Crippen LogP contribution in [-0.4, -0.2) is 34.6 Å². The summed E-state index contributed by atoms with van der Waals surface area (Å²) in [7, 11) is 1.84. The van der Waals surface area contributed by atoms with Crippen LogP contribution in [0.4, 0.5) is 0 Å². The lowest BCUT2D eigenvalue weighted by Gasteiger charge is -2.15. The van der Waals surface area contributed by atoms with Gasteiger partial charge in [0.05, 0.1) is 30.5 Å². The second-order valence-electron chi connectivity index (χ2n) is 4.62. The Bertz CT molecular complexity index is 601. The van der Waals surface area contributed by atoms with E-state index in [2.05, 4.69) is 16.5 Å². The van der Waals surface area contributed by atoms with Crippen LogP contribution in [0.25, 0.3) is 0 Å². The predicted molar refractivity (Wildman–Crippen MR) is 77.7 cm³/mol. The van der Waals surface area contributed by atoms with E-state index in [-0.39, 0.29) is 12.6 Å². The minimum atomic E-state index is -0.150. The van der Waals surface area contributed by atoms with E-state index in [1.165, 1.54) is 0 Å². The molecule has 1 atom stereocenters. The number of aliphatic hydroxyl groups is 1. The zero-order chi connectivity index (χ0) is 15.1. The fraction of sp³-hybridized carbons (Fsp3) is 0.333. The van der Waals surface area contributed by atoms with Crippen LogP contribution in [0, 0.1) is 11.3 Å². The molecule has 0 unspecified atom stereocenters. The Hall–Kier alpha value is -2.36. The van der Waals surface area contributed by atoms with Crippen LogP contribution in [0.15, 0.2) is 36.7 Å². The van der Waals surface area contributed by atoms with Crippen molar-refractivity contribution in [1.29, 1.82) is 5.26 Å². The summed E-state index contributed by atoms with van der Waals surface area (Å²) in [5.41, 5.74) is 1.55. The van der Waals surface area contributed by atoms with Crippen molar-refractivity contribution in [3.05, 3.63) is 47.8 Å². The van der Waals surface area contributed by atoms with Gasteiger partial charge in [0.25, 0.3) is 0 Å². The molecule has 6 heteroatoms. The highest BCUT2D eigenvalue weighted by Gasteiger charge is 2.11. The lowest BCUT2D eigenvalue weighted by Crippen LogP contribution is -2.28. The third-order valence-corrected chi connectivity index (χ3v) is 3.05. The molecule has 21 heavy (non-hydrogen) atoms. The van der Waals surface area contributed by atoms with Crippen LogP contribution in [0.2, 0.25) is 0 Å². The minimum absolute atomic E-state index is 0.00254. The fourth-order valence-corrected chi connectivity index (χ4v) is 1.94. The van der Waals surface area contributed by atoms with Crippen LogP contribution in [-0.2, 0) is 7.05 Å². The SMILES string of the molecule is Cn1cc([C@H](CO)NCCOc2ccc(C#N)cc2)cn1. The molecule has 0 radical (unpaired) electrons. The van der Waals surface area contributed by atoms with Gasteiger partial charge in [-0.2, -0.15) is 10.4 Å². The zero-order valence-electron chi connectivity index (χ0n) is 11.9. The summed E-state index contributed by atoms with van der Waals surface area (Å²) in [6.45, 7) is 1.07. The summed E-state index contributed by atoms with van der Waals surface area (Å²) < 4.78 is 7.27. The maximum atomic E-state index is 9.39. The van der Waals surface area contributed by atoms with Crippen molar-refractivity contribution in [1.82, 2.24) is 15.1 Å². The van der Waals surface area contributed by atoms with E-state index in [1.54, 1.807) is 35.1 Å². The predicted octanol–water partition coefficient (Wildman–Crippen LogP) is 0.994. The molecule has 6 nitrogen and oxygen atoms in total. The Kier molecular flexibility index (Phi) is 5.32. The smallest absolute Gasteiger partial charge is 0.119 e. The van der Waals surface area contributed by atoms with E-state index in [0.717, 1.165) is 11.3 Å². The van der Waals surface area contributed by atoms with Gasteiger partial charge in [-0.1, -0.05) is 0 Å². The number of nitriles is 1. The lowest BCUT2D eigenvalue weighted by atomic mass is 10.2. The number of hydrogen-bond acceptors (Lipinski definition) is 5. The van der Waals surface area contributed by atoms with Gasteiger partial charge < -0.3 is 15.2 Å². The standard InChI is InChI=1S/C15H18N4O2/c1-19-10-13(9-18-19)15(11-20)17-6-7-21-14-4-2-12(8-16)3-5-14/h2-5,9-10,15,17,20H,6-7,11H2,1H3/t15-/m0/s1. The first kappa shape index (κ1) is 15.0. The summed E-state index contributed by atoms with van der Waals surface area (Å²) in [4.78, 5) is 0. The topological polar surface area (TPSA) is 83.1 Å². The number of benzene rings is 1. The summed E-state index contributed by atoms with van der Waals surface area (Å²) in [6.07, 6.45) is 3.60. The van der Waals surface area contributed by atoms with Crippen LogP contribution in [0.1, 0.15) is 17.2 Å². The zero-order valence-corrected chi connectivity index (χ0v) is 11.9. The highest BCUT2D eigenvalue weighted by atomic mass is 16.5. The molecule has 0 aliphatic heterocycles. The number of aliphatic hydroxyl groups excluding tert-OH is 1. The van der Waals surface area contributed by atoms with Crippen molar-refractivity contribution in [2.75, 3.05) is 19.8 Å². The molecule has 0 saturated carbocycles. The van der Waals surface area contributed by atoms with Gasteiger partial charge in [-0.3, -0.25) is 4.68 Å². The minimum Gasteiger partial charge on any atom is -0.492 e. The Labute approximate surface area is 123 Å². The van der Waals surface area contributed by atoms with Crippen LogP contribution < -0.4 is 10.1 Å². The maximum absolute atomic E-state index is 9.39.